The van der Waals surface area contributed by atoms with E-state index in [-0.39, 0.29) is 15.8 Å². The zero-order chi connectivity index (χ0) is 18.6. The average Bonchev–Trinajstić information content (AvgIpc) is 2.94. The van der Waals surface area contributed by atoms with E-state index in [1.807, 2.05) is 24.3 Å². The highest BCUT2D eigenvalue weighted by Gasteiger charge is 2.35. The van der Waals surface area contributed by atoms with E-state index in [9.17, 15) is 9.59 Å². The van der Waals surface area contributed by atoms with Crippen LogP contribution in [0.25, 0.3) is 0 Å². The number of carbonyl (C=O) groups is 2. The summed E-state index contributed by atoms with van der Waals surface area (Å²) in [6.07, 6.45) is 4.79. The van der Waals surface area contributed by atoms with Crippen molar-refractivity contribution in [3.05, 3.63) is 29.8 Å². The van der Waals surface area contributed by atoms with Gasteiger partial charge in [0.25, 0.3) is 5.24 Å². The number of benzene rings is 1. The van der Waals surface area contributed by atoms with E-state index >= 15 is 0 Å². The molecule has 3 rings (SSSR count). The Bertz CT molecular complexity index is 704. The van der Waals surface area contributed by atoms with Crippen LogP contribution in [0.1, 0.15) is 38.2 Å². The van der Waals surface area contributed by atoms with Crippen LogP contribution in [0.2, 0.25) is 0 Å². The van der Waals surface area contributed by atoms with Gasteiger partial charge in [-0.1, -0.05) is 30.6 Å². The third-order valence-corrected chi connectivity index (χ3v) is 5.77. The molecule has 2 fully saturated rings. The van der Waals surface area contributed by atoms with Crippen LogP contribution in [0.15, 0.2) is 29.4 Å². The van der Waals surface area contributed by atoms with Crippen molar-refractivity contribution >= 4 is 27.8 Å². The number of nitrogens with zero attached hydrogens (tertiary/aromatic N) is 1. The first kappa shape index (κ1) is 18.8. The molecule has 0 bridgehead atoms. The minimum atomic E-state index is -0.437. The summed E-state index contributed by atoms with van der Waals surface area (Å²) >= 11 is 0.743. The van der Waals surface area contributed by atoms with Crippen molar-refractivity contribution < 1.29 is 19.2 Å². The molecule has 6 nitrogen and oxygen atoms in total. The molecule has 0 radical (unpaired) electrons. The number of oxime groups is 1. The molecule has 1 amide bonds. The third-order valence-electron chi connectivity index (χ3n) is 4.98. The fourth-order valence-electron chi connectivity index (χ4n) is 3.40. The number of nitrogens with one attached hydrogen (secondary N) is 1. The number of hydrogen-bond donors (Lipinski definition) is 1. The van der Waals surface area contributed by atoms with Crippen LogP contribution in [0.3, 0.4) is 0 Å². The van der Waals surface area contributed by atoms with E-state index in [1.54, 1.807) is 7.11 Å². The van der Waals surface area contributed by atoms with E-state index in [1.165, 1.54) is 6.42 Å². The predicted molar refractivity (Wildman–Crippen MR) is 102 cm³/mol. The fraction of sp³-hybridized carbons (Fsp3) is 0.526. The summed E-state index contributed by atoms with van der Waals surface area (Å²) in [5, 5.41) is 6.49. The Morgan fingerprint density at radius 2 is 2.04 bits per heavy atom. The van der Waals surface area contributed by atoms with Crippen LogP contribution in [0.5, 0.6) is 5.75 Å². The number of hydrogen-bond acceptors (Lipinski definition) is 6. The maximum atomic E-state index is 11.7. The molecule has 1 aromatic carbocycles. The first-order chi connectivity index (χ1) is 12.5. The van der Waals surface area contributed by atoms with Gasteiger partial charge >= 0.3 is 0 Å². The van der Waals surface area contributed by atoms with Crippen LogP contribution < -0.4 is 10.1 Å². The molecule has 1 saturated carbocycles. The van der Waals surface area contributed by atoms with Gasteiger partial charge in [0, 0.05) is 23.6 Å². The number of carbonyl (C=O) groups excluding carboxylic acids is 2. The third kappa shape index (κ3) is 4.38. The quantitative estimate of drug-likeness (QED) is 0.769. The summed E-state index contributed by atoms with van der Waals surface area (Å²) in [6.45, 7) is 2.73. The Morgan fingerprint density at radius 1 is 1.27 bits per heavy atom. The Morgan fingerprint density at radius 3 is 2.69 bits per heavy atom. The second kappa shape index (κ2) is 8.12. The number of ether oxygens (including phenoxy) is 1. The van der Waals surface area contributed by atoms with Gasteiger partial charge in [-0.3, -0.25) is 9.59 Å². The fourth-order valence-corrected chi connectivity index (χ4v) is 4.07. The molecule has 1 aliphatic heterocycles. The minimum absolute atomic E-state index is 0.106. The molecule has 26 heavy (non-hydrogen) atoms. The molecule has 2 unspecified atom stereocenters. The van der Waals surface area contributed by atoms with Gasteiger partial charge in [0.15, 0.2) is 0 Å². The van der Waals surface area contributed by atoms with Crippen molar-refractivity contribution in [2.45, 2.75) is 45.1 Å². The van der Waals surface area contributed by atoms with Gasteiger partial charge in [0.1, 0.15) is 18.9 Å². The standard InChI is InChI=1S/C19H24N2O4S/c1-19(10-4-3-5-16(19)21-24-2)12-25-14-8-6-13(7-9-14)11-15-17(22)26-18(23)20-15/h6-9,15H,3-5,10-12H2,1-2H3,(H,20,23). The van der Waals surface area contributed by atoms with Crippen LogP contribution in [-0.4, -0.2) is 35.8 Å². The Balaban J connectivity index is 1.58. The summed E-state index contributed by atoms with van der Waals surface area (Å²) in [7, 11) is 1.58. The van der Waals surface area contributed by atoms with Crippen LogP contribution >= 0.6 is 11.8 Å². The van der Waals surface area contributed by atoms with Gasteiger partial charge in [-0.05, 0) is 37.0 Å². The Hall–Kier alpha value is -2.02. The van der Waals surface area contributed by atoms with Crippen molar-refractivity contribution in [3.63, 3.8) is 0 Å². The van der Waals surface area contributed by atoms with Gasteiger partial charge in [0.2, 0.25) is 5.12 Å². The topological polar surface area (TPSA) is 77.0 Å². The Labute approximate surface area is 157 Å². The van der Waals surface area contributed by atoms with Crippen molar-refractivity contribution in [3.8, 4) is 5.75 Å². The summed E-state index contributed by atoms with van der Waals surface area (Å²) in [4.78, 5) is 27.9. The van der Waals surface area contributed by atoms with Gasteiger partial charge in [0.05, 0.1) is 12.3 Å². The molecule has 1 N–H and O–H groups in total. The second-order valence-corrected chi connectivity index (χ2v) is 8.01. The smallest absolute Gasteiger partial charge is 0.287 e. The highest BCUT2D eigenvalue weighted by atomic mass is 32.2. The van der Waals surface area contributed by atoms with Crippen molar-refractivity contribution in [1.82, 2.24) is 5.32 Å². The van der Waals surface area contributed by atoms with Crippen molar-refractivity contribution in [2.75, 3.05) is 13.7 Å². The molecule has 1 heterocycles. The normalized spacial score (nSPS) is 27.5. The number of thioether (sulfide) groups is 1. The Kier molecular flexibility index (Phi) is 5.86. The first-order valence-corrected chi connectivity index (χ1v) is 9.66. The van der Waals surface area contributed by atoms with Gasteiger partial charge in [-0.2, -0.15) is 0 Å². The number of amides is 1. The summed E-state index contributed by atoms with van der Waals surface area (Å²) < 4.78 is 6.01. The van der Waals surface area contributed by atoms with E-state index in [4.69, 9.17) is 9.57 Å². The van der Waals surface area contributed by atoms with Crippen molar-refractivity contribution in [2.24, 2.45) is 10.6 Å². The molecular formula is C19H24N2O4S. The molecule has 1 aliphatic carbocycles. The van der Waals surface area contributed by atoms with Crippen LogP contribution in [0.4, 0.5) is 4.79 Å². The molecule has 1 aromatic rings. The zero-order valence-corrected chi connectivity index (χ0v) is 15.9. The molecule has 140 valence electrons. The van der Waals surface area contributed by atoms with Gasteiger partial charge in [-0.15, -0.1) is 0 Å². The van der Waals surface area contributed by atoms with E-state index in [2.05, 4.69) is 17.4 Å². The van der Waals surface area contributed by atoms with Gasteiger partial charge in [-0.25, -0.2) is 0 Å². The zero-order valence-electron chi connectivity index (χ0n) is 15.1. The average molecular weight is 376 g/mol. The molecule has 7 heteroatoms. The number of rotatable bonds is 6. The van der Waals surface area contributed by atoms with E-state index in [0.717, 1.165) is 48.0 Å². The molecule has 2 aliphatic rings. The lowest BCUT2D eigenvalue weighted by molar-refractivity contribution is -0.112. The molecule has 0 spiro atoms. The summed E-state index contributed by atoms with van der Waals surface area (Å²) in [6, 6.07) is 7.25. The highest BCUT2D eigenvalue weighted by Crippen LogP contribution is 2.34. The lowest BCUT2D eigenvalue weighted by atomic mass is 9.74. The predicted octanol–water partition coefficient (Wildman–Crippen LogP) is 3.54. The van der Waals surface area contributed by atoms with Gasteiger partial charge < -0.3 is 14.9 Å². The first-order valence-electron chi connectivity index (χ1n) is 8.84. The second-order valence-electron chi connectivity index (χ2n) is 7.03. The maximum absolute atomic E-state index is 11.7. The largest absolute Gasteiger partial charge is 0.493 e. The van der Waals surface area contributed by atoms with E-state index in [0.29, 0.717) is 13.0 Å². The van der Waals surface area contributed by atoms with Crippen molar-refractivity contribution in [1.29, 1.82) is 0 Å². The molecule has 0 aromatic heterocycles. The molecule has 2 atom stereocenters. The minimum Gasteiger partial charge on any atom is -0.493 e. The van der Waals surface area contributed by atoms with Crippen LogP contribution in [-0.2, 0) is 16.1 Å². The molecular weight excluding hydrogens is 352 g/mol. The highest BCUT2D eigenvalue weighted by molar-refractivity contribution is 8.26. The molecule has 1 saturated heterocycles. The maximum Gasteiger partial charge on any atom is 0.287 e. The lowest BCUT2D eigenvalue weighted by Crippen LogP contribution is -2.37. The van der Waals surface area contributed by atoms with Crippen LogP contribution in [0, 0.1) is 5.41 Å². The lowest BCUT2D eigenvalue weighted by Gasteiger charge is -2.34. The summed E-state index contributed by atoms with van der Waals surface area (Å²) in [5.74, 6) is 0.786. The SMILES string of the molecule is CON=C1CCCCC1(C)COc1ccc(CC2NC(=O)SC2=O)cc1. The van der Waals surface area contributed by atoms with E-state index < -0.39 is 6.04 Å². The monoisotopic (exact) mass is 376 g/mol. The summed E-state index contributed by atoms with van der Waals surface area (Å²) in [5.41, 5.74) is 1.95.